The summed E-state index contributed by atoms with van der Waals surface area (Å²) in [6.45, 7) is -3.42. The van der Waals surface area contributed by atoms with Crippen LogP contribution < -0.4 is 26.0 Å². The molecule has 0 saturated heterocycles. The van der Waals surface area contributed by atoms with Gasteiger partial charge in [-0.1, -0.05) is 35.9 Å². The number of Topliss-reactive ketones (excluding diaryl/α,β-unsaturated/α-hetero) is 1. The number of carbonyl (C=O) groups is 5. The van der Waals surface area contributed by atoms with E-state index in [0.29, 0.717) is 0 Å². The number of nitrogens with one attached hydrogen (secondary N) is 4. The molecular weight excluding hydrogens is 685 g/mol. The molecule has 0 aromatic heterocycles. The van der Waals surface area contributed by atoms with Crippen molar-refractivity contribution in [2.24, 2.45) is 5.92 Å². The van der Waals surface area contributed by atoms with Crippen LogP contribution in [0.25, 0.3) is 0 Å². The van der Waals surface area contributed by atoms with Gasteiger partial charge >= 0.3 is 18.0 Å². The van der Waals surface area contributed by atoms with Crippen LogP contribution in [-0.4, -0.2) is 79.0 Å². The third-order valence-corrected chi connectivity index (χ3v) is 7.23. The normalized spacial score (nSPS) is 15.4. The van der Waals surface area contributed by atoms with Gasteiger partial charge in [0.15, 0.2) is 0 Å². The minimum absolute atomic E-state index is 0.0920. The van der Waals surface area contributed by atoms with E-state index in [0.717, 1.165) is 23.5 Å². The molecule has 0 aliphatic heterocycles. The van der Waals surface area contributed by atoms with Gasteiger partial charge in [0.2, 0.25) is 17.6 Å². The zero-order valence-corrected chi connectivity index (χ0v) is 25.4. The molecular formula is C29H28ClF7N4O7. The molecule has 0 bridgehead atoms. The average Bonchev–Trinajstić information content (AvgIpc) is 3.88. The summed E-state index contributed by atoms with van der Waals surface area (Å²) >= 11 is 5.71. The molecule has 11 nitrogen and oxygen atoms in total. The van der Waals surface area contributed by atoms with Crippen LogP contribution in [-0.2, 0) is 29.9 Å². The Morgan fingerprint density at radius 1 is 0.896 bits per heavy atom. The highest BCUT2D eigenvalue weighted by molar-refractivity contribution is 6.30. The highest BCUT2D eigenvalue weighted by Gasteiger charge is 2.54. The zero-order chi connectivity index (χ0) is 36.0. The first-order valence-corrected chi connectivity index (χ1v) is 14.3. The molecule has 1 fully saturated rings. The second-order valence-electron chi connectivity index (χ2n) is 10.6. The van der Waals surface area contributed by atoms with Gasteiger partial charge in [-0.15, -0.1) is 0 Å². The predicted molar refractivity (Wildman–Crippen MR) is 152 cm³/mol. The Bertz CT molecular complexity index is 1520. The fraction of sp³-hybridized carbons (Fsp3) is 0.414. The molecule has 1 aliphatic rings. The monoisotopic (exact) mass is 712 g/mol. The Morgan fingerprint density at radius 3 is 2.04 bits per heavy atom. The number of aliphatic hydroxyl groups is 1. The first kappa shape index (κ1) is 38.0. The van der Waals surface area contributed by atoms with Crippen molar-refractivity contribution in [3.63, 3.8) is 0 Å². The molecule has 1 aliphatic carbocycles. The van der Waals surface area contributed by atoms with Crippen molar-refractivity contribution >= 4 is 41.0 Å². The van der Waals surface area contributed by atoms with Crippen LogP contribution in [0.1, 0.15) is 30.0 Å². The highest BCUT2D eigenvalue weighted by Crippen LogP contribution is 2.36. The molecule has 0 spiro atoms. The second kappa shape index (κ2) is 15.2. The number of aliphatic hydroxyl groups excluding tert-OH is 1. The maximum absolute atomic E-state index is 14.8. The third kappa shape index (κ3) is 9.56. The van der Waals surface area contributed by atoms with Gasteiger partial charge in [-0.05, 0) is 48.6 Å². The minimum Gasteiger partial charge on any atom is -0.497 e. The number of methoxy groups -OCH3 is 1. The quantitative estimate of drug-likeness (QED) is 0.140. The molecule has 19 heteroatoms. The summed E-state index contributed by atoms with van der Waals surface area (Å²) in [6.07, 6.45) is -4.86. The van der Waals surface area contributed by atoms with Gasteiger partial charge in [0.05, 0.1) is 19.8 Å². The first-order valence-electron chi connectivity index (χ1n) is 13.9. The predicted octanol–water partition coefficient (Wildman–Crippen LogP) is 2.55. The summed E-state index contributed by atoms with van der Waals surface area (Å²) in [5, 5.41) is 16.3. The van der Waals surface area contributed by atoms with Gasteiger partial charge in [-0.2, -0.15) is 30.7 Å². The zero-order valence-electron chi connectivity index (χ0n) is 24.7. The van der Waals surface area contributed by atoms with E-state index in [1.54, 1.807) is 5.32 Å². The van der Waals surface area contributed by atoms with Gasteiger partial charge in [0, 0.05) is 10.6 Å². The molecule has 262 valence electrons. The second-order valence-corrected chi connectivity index (χ2v) is 11.0. The maximum Gasteiger partial charge on any atom is 0.405 e. The smallest absolute Gasteiger partial charge is 0.405 e. The largest absolute Gasteiger partial charge is 0.497 e. The molecule has 2 aromatic rings. The van der Waals surface area contributed by atoms with Crippen LogP contribution in [0.5, 0.6) is 5.75 Å². The number of amides is 4. The summed E-state index contributed by atoms with van der Waals surface area (Å²) in [5.74, 6) is -19.5. The van der Waals surface area contributed by atoms with Crippen molar-refractivity contribution in [2.75, 3.05) is 20.3 Å². The fourth-order valence-electron chi connectivity index (χ4n) is 4.26. The SMILES string of the molecule is COc1ccc([C@H](NC(=O)[C@H](CO)NC(=O)C(F)(F)c2cccc(Cl)c2)C(=O)N[C@H](C(=O)C(F)(F)C(=O)NCC(F)(F)F)C2CC2)cc1. The number of ketones is 1. The average molecular weight is 713 g/mol. The first-order chi connectivity index (χ1) is 22.3. The van der Waals surface area contributed by atoms with Crippen molar-refractivity contribution in [3.05, 3.63) is 64.7 Å². The van der Waals surface area contributed by atoms with E-state index in [2.05, 4.69) is 5.32 Å². The third-order valence-electron chi connectivity index (χ3n) is 6.99. The number of carbonyl (C=O) groups excluding carboxylic acids is 5. The van der Waals surface area contributed by atoms with Crippen LogP contribution in [0.3, 0.4) is 0 Å². The van der Waals surface area contributed by atoms with Crippen LogP contribution in [0.15, 0.2) is 48.5 Å². The van der Waals surface area contributed by atoms with Crippen molar-refractivity contribution in [1.82, 2.24) is 21.3 Å². The lowest BCUT2D eigenvalue weighted by molar-refractivity contribution is -0.165. The van der Waals surface area contributed by atoms with E-state index in [9.17, 15) is 59.8 Å². The lowest BCUT2D eigenvalue weighted by atomic mass is 9.99. The Balaban J connectivity index is 1.85. The van der Waals surface area contributed by atoms with Crippen molar-refractivity contribution in [2.45, 2.75) is 49.0 Å². The molecule has 5 N–H and O–H groups in total. The summed E-state index contributed by atoms with van der Waals surface area (Å²) in [5.41, 5.74) is -0.939. The molecule has 1 saturated carbocycles. The molecule has 0 heterocycles. The van der Waals surface area contributed by atoms with Gasteiger partial charge < -0.3 is 31.1 Å². The number of ether oxygens (including phenoxy) is 1. The van der Waals surface area contributed by atoms with Crippen LogP contribution >= 0.6 is 11.6 Å². The van der Waals surface area contributed by atoms with Gasteiger partial charge in [0.25, 0.3) is 11.8 Å². The number of halogens is 8. The summed E-state index contributed by atoms with van der Waals surface area (Å²) in [4.78, 5) is 63.6. The number of hydrogen-bond donors (Lipinski definition) is 5. The molecule has 3 rings (SSSR count). The Morgan fingerprint density at radius 2 is 1.52 bits per heavy atom. The van der Waals surface area contributed by atoms with E-state index >= 15 is 0 Å². The summed E-state index contributed by atoms with van der Waals surface area (Å²) in [7, 11) is 1.30. The van der Waals surface area contributed by atoms with Crippen LogP contribution in [0.4, 0.5) is 30.7 Å². The number of hydrogen-bond acceptors (Lipinski definition) is 7. The Hall–Kier alpha value is -4.45. The van der Waals surface area contributed by atoms with Crippen molar-refractivity contribution < 1.29 is 64.5 Å². The summed E-state index contributed by atoms with van der Waals surface area (Å²) < 4.78 is 101. The highest BCUT2D eigenvalue weighted by atomic mass is 35.5. The van der Waals surface area contributed by atoms with Gasteiger partial charge in [-0.3, -0.25) is 24.0 Å². The van der Waals surface area contributed by atoms with Gasteiger partial charge in [-0.25, -0.2) is 0 Å². The van der Waals surface area contributed by atoms with E-state index < -0.39 is 90.2 Å². The van der Waals surface area contributed by atoms with Crippen LogP contribution in [0.2, 0.25) is 5.02 Å². The lowest BCUT2D eigenvalue weighted by Crippen LogP contribution is -2.58. The van der Waals surface area contributed by atoms with E-state index in [4.69, 9.17) is 16.3 Å². The molecule has 48 heavy (non-hydrogen) atoms. The molecule has 2 aromatic carbocycles. The minimum atomic E-state index is -5.07. The number of alkyl halides is 7. The number of rotatable bonds is 15. The molecule has 4 amide bonds. The van der Waals surface area contributed by atoms with E-state index in [1.807, 2.05) is 5.32 Å². The standard InChI is InChI=1S/C29H28ClF7N4O7/c1-48-18-9-7-15(8-10-18)21(41-23(44)19(12-42)39-26(47)28(34,35)16-3-2-4-17(30)11-16)24(45)40-20(14-5-6-14)22(43)29(36,37)25(46)38-13-27(31,32)33/h2-4,7-11,14,19-21,42H,5-6,12-13H2,1H3,(H,38,46)(H,39,47)(H,40,45)(H,41,44)/t19-,20-,21-/m0/s1. The molecule has 0 unspecified atom stereocenters. The van der Waals surface area contributed by atoms with E-state index in [1.165, 1.54) is 37.4 Å². The molecule has 0 radical (unpaired) electrons. The topological polar surface area (TPSA) is 163 Å². The molecule has 3 atom stereocenters. The Labute approximate surface area is 272 Å². The number of benzene rings is 2. The van der Waals surface area contributed by atoms with Crippen molar-refractivity contribution in [3.8, 4) is 5.75 Å². The van der Waals surface area contributed by atoms with E-state index in [-0.39, 0.29) is 29.2 Å². The summed E-state index contributed by atoms with van der Waals surface area (Å²) in [6, 6.07) is 3.02. The lowest BCUT2D eigenvalue weighted by Gasteiger charge is -2.27. The Kier molecular flexibility index (Phi) is 12.0. The maximum atomic E-state index is 14.8. The van der Waals surface area contributed by atoms with Crippen LogP contribution in [0, 0.1) is 5.92 Å². The van der Waals surface area contributed by atoms with Gasteiger partial charge in [0.1, 0.15) is 24.4 Å². The fourth-order valence-corrected chi connectivity index (χ4v) is 4.45. The van der Waals surface area contributed by atoms with Crippen molar-refractivity contribution in [1.29, 1.82) is 0 Å².